The normalized spacial score (nSPS) is 19.5. The Morgan fingerprint density at radius 2 is 2.17 bits per heavy atom. The molecule has 1 aromatic carbocycles. The van der Waals surface area contributed by atoms with Crippen molar-refractivity contribution in [1.82, 2.24) is 14.9 Å². The lowest BCUT2D eigenvalue weighted by molar-refractivity contribution is -0.390. The van der Waals surface area contributed by atoms with E-state index in [1.165, 1.54) is 17.5 Å². The van der Waals surface area contributed by atoms with Crippen molar-refractivity contribution < 1.29 is 4.92 Å². The van der Waals surface area contributed by atoms with Gasteiger partial charge in [0.2, 0.25) is 6.33 Å². The molecule has 0 fully saturated rings. The number of aromatic nitrogens is 2. The lowest BCUT2D eigenvalue weighted by Crippen LogP contribution is -2.26. The third-order valence-electron chi connectivity index (χ3n) is 4.98. The van der Waals surface area contributed by atoms with Crippen molar-refractivity contribution in [2.45, 2.75) is 45.7 Å². The van der Waals surface area contributed by atoms with Crippen LogP contribution in [-0.4, -0.2) is 14.5 Å². The van der Waals surface area contributed by atoms with Crippen LogP contribution in [0.25, 0.3) is 0 Å². The van der Waals surface area contributed by atoms with E-state index >= 15 is 0 Å². The Morgan fingerprint density at radius 1 is 1.42 bits per heavy atom. The highest BCUT2D eigenvalue weighted by Gasteiger charge is 2.30. The van der Waals surface area contributed by atoms with E-state index in [0.717, 1.165) is 19.3 Å². The van der Waals surface area contributed by atoms with Gasteiger partial charge in [-0.2, -0.15) is 0 Å². The number of fused-ring (bicyclic) bond motifs is 1. The maximum atomic E-state index is 11.1. The summed E-state index contributed by atoms with van der Waals surface area (Å²) in [5, 5.41) is 14.7. The van der Waals surface area contributed by atoms with E-state index in [1.807, 2.05) is 0 Å². The Hall–Kier alpha value is -2.21. The van der Waals surface area contributed by atoms with Gasteiger partial charge in [-0.05, 0) is 45.7 Å². The van der Waals surface area contributed by atoms with Crippen molar-refractivity contribution in [1.29, 1.82) is 0 Å². The third-order valence-corrected chi connectivity index (χ3v) is 4.98. The number of rotatable bonds is 4. The molecule has 1 aromatic heterocycles. The van der Waals surface area contributed by atoms with Gasteiger partial charge in [0.1, 0.15) is 5.69 Å². The first-order valence-electron chi connectivity index (χ1n) is 8.33. The Bertz CT molecular complexity index is 751. The molecule has 128 valence electrons. The number of imidazole rings is 1. The van der Waals surface area contributed by atoms with Crippen LogP contribution in [0.5, 0.6) is 0 Å². The van der Waals surface area contributed by atoms with Gasteiger partial charge >= 0.3 is 5.82 Å². The van der Waals surface area contributed by atoms with Crippen molar-refractivity contribution >= 4 is 5.82 Å². The lowest BCUT2D eigenvalue weighted by atomic mass is 9.83. The fourth-order valence-electron chi connectivity index (χ4n) is 3.54. The van der Waals surface area contributed by atoms with Gasteiger partial charge in [0, 0.05) is 19.6 Å². The molecule has 0 saturated carbocycles. The Balaban J connectivity index is 1.86. The molecule has 6 nitrogen and oxygen atoms in total. The minimum absolute atomic E-state index is 0.0637. The number of hydrogen-bond donors (Lipinski definition) is 1. The molecule has 0 spiro atoms. The summed E-state index contributed by atoms with van der Waals surface area (Å²) >= 11 is 0. The maximum Gasteiger partial charge on any atom is 0.386 e. The van der Waals surface area contributed by atoms with Crippen LogP contribution in [0, 0.1) is 15.5 Å². The molecule has 0 amide bonds. The Kier molecular flexibility index (Phi) is 4.41. The van der Waals surface area contributed by atoms with E-state index in [1.54, 1.807) is 11.6 Å². The highest BCUT2D eigenvalue weighted by Crippen LogP contribution is 2.39. The summed E-state index contributed by atoms with van der Waals surface area (Å²) in [5.41, 5.74) is 3.53. The molecule has 24 heavy (non-hydrogen) atoms. The third kappa shape index (κ3) is 3.33. The van der Waals surface area contributed by atoms with Crippen LogP contribution < -0.4 is 5.32 Å². The first-order valence-corrected chi connectivity index (χ1v) is 8.33. The Labute approximate surface area is 142 Å². The zero-order valence-corrected chi connectivity index (χ0v) is 14.5. The molecule has 0 radical (unpaired) electrons. The van der Waals surface area contributed by atoms with Crippen LogP contribution >= 0.6 is 0 Å². The number of nitro groups is 1. The molecule has 1 atom stereocenters. The summed E-state index contributed by atoms with van der Waals surface area (Å²) in [7, 11) is 1.79. The molecule has 1 aliphatic rings. The van der Waals surface area contributed by atoms with Gasteiger partial charge in [-0.3, -0.25) is 0 Å². The molecule has 0 bridgehead atoms. The fourth-order valence-corrected chi connectivity index (χ4v) is 3.54. The summed E-state index contributed by atoms with van der Waals surface area (Å²) in [5.74, 6) is -0.0637. The molecule has 1 heterocycles. The number of nitrogens with one attached hydrogen (secondary N) is 1. The monoisotopic (exact) mass is 328 g/mol. The quantitative estimate of drug-likeness (QED) is 0.529. The van der Waals surface area contributed by atoms with E-state index in [-0.39, 0.29) is 17.3 Å². The molecular formula is C18H24N4O2. The van der Waals surface area contributed by atoms with Crippen LogP contribution in [0.4, 0.5) is 5.82 Å². The average Bonchev–Trinajstić information content (AvgIpc) is 2.84. The standard InChI is InChI=1S/C18H24N4O2/c1-18(2)9-8-13-6-4-5-7-14(13)15(10-18)19-11-16-17(22(23)24)20-12-21(16)3/h4-7,12,15,19H,8-11H2,1-3H3/t15-/m0/s1. The summed E-state index contributed by atoms with van der Waals surface area (Å²) < 4.78 is 1.72. The molecule has 6 heteroatoms. The fraction of sp³-hybridized carbons (Fsp3) is 0.500. The Morgan fingerprint density at radius 3 is 2.92 bits per heavy atom. The largest absolute Gasteiger partial charge is 0.386 e. The van der Waals surface area contributed by atoms with E-state index in [0.29, 0.717) is 12.2 Å². The molecule has 1 aliphatic carbocycles. The number of hydrogen-bond acceptors (Lipinski definition) is 4. The lowest BCUT2D eigenvalue weighted by Gasteiger charge is -2.27. The minimum atomic E-state index is -0.415. The smallest absolute Gasteiger partial charge is 0.358 e. The van der Waals surface area contributed by atoms with E-state index in [9.17, 15) is 10.1 Å². The topological polar surface area (TPSA) is 73.0 Å². The second-order valence-electron chi connectivity index (χ2n) is 7.38. The molecule has 0 aliphatic heterocycles. The van der Waals surface area contributed by atoms with Gasteiger partial charge in [-0.25, -0.2) is 0 Å². The number of aryl methyl sites for hydroxylation is 2. The summed E-state index contributed by atoms with van der Waals surface area (Å²) in [6.45, 7) is 5.02. The zero-order valence-electron chi connectivity index (χ0n) is 14.5. The van der Waals surface area contributed by atoms with Crippen molar-refractivity contribution in [2.24, 2.45) is 12.5 Å². The summed E-state index contributed by atoms with van der Waals surface area (Å²) in [6.07, 6.45) is 4.73. The maximum absolute atomic E-state index is 11.1. The predicted molar refractivity (Wildman–Crippen MR) is 92.6 cm³/mol. The van der Waals surface area contributed by atoms with Crippen LogP contribution in [0.3, 0.4) is 0 Å². The van der Waals surface area contributed by atoms with Crippen molar-refractivity contribution in [3.63, 3.8) is 0 Å². The van der Waals surface area contributed by atoms with Crippen LogP contribution in [-0.2, 0) is 20.0 Å². The number of benzene rings is 1. The number of nitrogens with zero attached hydrogens (tertiary/aromatic N) is 3. The van der Waals surface area contributed by atoms with Crippen LogP contribution in [0.2, 0.25) is 0 Å². The first-order chi connectivity index (χ1) is 11.4. The molecule has 0 unspecified atom stereocenters. The zero-order chi connectivity index (χ0) is 17.3. The highest BCUT2D eigenvalue weighted by atomic mass is 16.6. The van der Waals surface area contributed by atoms with Gasteiger partial charge < -0.3 is 20.0 Å². The molecule has 3 rings (SSSR count). The molecule has 2 aromatic rings. The van der Waals surface area contributed by atoms with Gasteiger partial charge in [0.25, 0.3) is 0 Å². The first kappa shape index (κ1) is 16.6. The van der Waals surface area contributed by atoms with Gasteiger partial charge in [0.15, 0.2) is 0 Å². The summed E-state index contributed by atoms with van der Waals surface area (Å²) in [6, 6.07) is 8.70. The highest BCUT2D eigenvalue weighted by molar-refractivity contribution is 5.32. The average molecular weight is 328 g/mol. The summed E-state index contributed by atoms with van der Waals surface area (Å²) in [4.78, 5) is 14.6. The van der Waals surface area contributed by atoms with Gasteiger partial charge in [0.05, 0.1) is 0 Å². The van der Waals surface area contributed by atoms with Crippen molar-refractivity contribution in [3.05, 3.63) is 57.5 Å². The second kappa shape index (κ2) is 6.36. The molecule has 0 saturated heterocycles. The second-order valence-corrected chi connectivity index (χ2v) is 7.38. The van der Waals surface area contributed by atoms with Gasteiger partial charge in [-0.15, -0.1) is 0 Å². The molecular weight excluding hydrogens is 304 g/mol. The predicted octanol–water partition coefficient (Wildman–Crippen LogP) is 3.52. The van der Waals surface area contributed by atoms with Crippen LogP contribution in [0.1, 0.15) is 49.6 Å². The molecule has 1 N–H and O–H groups in total. The van der Waals surface area contributed by atoms with Crippen molar-refractivity contribution in [3.8, 4) is 0 Å². The van der Waals surface area contributed by atoms with Gasteiger partial charge in [-0.1, -0.05) is 38.1 Å². The van der Waals surface area contributed by atoms with Crippen molar-refractivity contribution in [2.75, 3.05) is 0 Å². The van der Waals surface area contributed by atoms with E-state index in [2.05, 4.69) is 48.4 Å². The SMILES string of the molecule is Cn1cnc([N+](=O)[O-])c1CN[C@H]1CC(C)(C)CCc2ccccc21. The van der Waals surface area contributed by atoms with E-state index in [4.69, 9.17) is 0 Å². The van der Waals surface area contributed by atoms with E-state index < -0.39 is 4.92 Å². The minimum Gasteiger partial charge on any atom is -0.358 e. The van der Waals surface area contributed by atoms with Crippen LogP contribution in [0.15, 0.2) is 30.6 Å².